The standard InChI is InChI=1S/C10H6F3IN2/c11-8-3-1-7(2-4-8)9-5-15-6-16(9)10(12,13)14/h1-6H. The minimum atomic E-state index is -3.06. The molecule has 0 radical (unpaired) electrons. The molecule has 1 aromatic carbocycles. The molecule has 0 atom stereocenters. The van der Waals surface area contributed by atoms with Crippen LogP contribution >= 0.6 is 22.6 Å². The first-order chi connectivity index (χ1) is 7.48. The van der Waals surface area contributed by atoms with Crippen LogP contribution in [0.5, 0.6) is 0 Å². The first-order valence-corrected chi connectivity index (χ1v) is 5.42. The molecule has 0 amide bonds. The second-order valence-corrected chi connectivity index (χ2v) is 4.42. The van der Waals surface area contributed by atoms with E-state index in [1.807, 2.05) is 0 Å². The van der Waals surface area contributed by atoms with Crippen LogP contribution in [0.4, 0.5) is 13.2 Å². The van der Waals surface area contributed by atoms with Gasteiger partial charge in [0.05, 0.1) is 11.9 Å². The second kappa shape index (κ2) is 4.08. The first kappa shape index (κ1) is 11.4. The Morgan fingerprint density at radius 2 is 1.81 bits per heavy atom. The third-order valence-electron chi connectivity index (χ3n) is 2.05. The van der Waals surface area contributed by atoms with Crippen LogP contribution in [-0.4, -0.2) is 9.55 Å². The van der Waals surface area contributed by atoms with Crippen molar-refractivity contribution in [3.05, 3.63) is 42.6 Å². The van der Waals surface area contributed by atoms with Crippen molar-refractivity contribution in [2.24, 2.45) is 0 Å². The molecule has 0 spiro atoms. The van der Waals surface area contributed by atoms with Crippen LogP contribution in [0.1, 0.15) is 0 Å². The number of hydrogen-bond acceptors (Lipinski definition) is 1. The van der Waals surface area contributed by atoms with Crippen LogP contribution in [0.2, 0.25) is 0 Å². The highest BCUT2D eigenvalue weighted by Crippen LogP contribution is 2.33. The first-order valence-electron chi connectivity index (χ1n) is 4.34. The van der Waals surface area contributed by atoms with Gasteiger partial charge in [-0.1, -0.05) is 0 Å². The number of alkyl halides is 3. The van der Waals surface area contributed by atoms with Crippen LogP contribution in [-0.2, 0) is 4.05 Å². The summed E-state index contributed by atoms with van der Waals surface area (Å²) in [5, 5.41) is 0. The molecular weight excluding hydrogens is 332 g/mol. The van der Waals surface area contributed by atoms with Crippen LogP contribution in [0.3, 0.4) is 0 Å². The van der Waals surface area contributed by atoms with E-state index in [1.165, 1.54) is 30.5 Å². The van der Waals surface area contributed by atoms with Crippen LogP contribution < -0.4 is 0 Å². The summed E-state index contributed by atoms with van der Waals surface area (Å²) in [4.78, 5) is 3.67. The molecule has 84 valence electrons. The molecule has 6 heteroatoms. The number of aromatic nitrogens is 2. The lowest BCUT2D eigenvalue weighted by Gasteiger charge is -2.13. The molecule has 2 rings (SSSR count). The molecule has 0 bridgehead atoms. The Bertz CT molecular complexity index is 488. The quantitative estimate of drug-likeness (QED) is 0.604. The van der Waals surface area contributed by atoms with Gasteiger partial charge in [-0.15, -0.1) is 0 Å². The van der Waals surface area contributed by atoms with E-state index >= 15 is 0 Å². The number of hydrogen-bond donors (Lipinski definition) is 0. The average Bonchev–Trinajstić information content (AvgIpc) is 2.66. The number of nitrogens with zero attached hydrogens (tertiary/aromatic N) is 2. The molecule has 0 aliphatic rings. The van der Waals surface area contributed by atoms with Gasteiger partial charge in [0.1, 0.15) is 12.1 Å². The van der Waals surface area contributed by atoms with E-state index in [0.717, 1.165) is 33.5 Å². The summed E-state index contributed by atoms with van der Waals surface area (Å²) in [7, 11) is 0. The maximum absolute atomic E-state index is 13.1. The summed E-state index contributed by atoms with van der Waals surface area (Å²) in [6.07, 6.45) is 2.37. The number of benzene rings is 1. The molecule has 0 fully saturated rings. The van der Waals surface area contributed by atoms with Crippen LogP contribution in [0, 0.1) is 5.82 Å². The van der Waals surface area contributed by atoms with Crippen molar-refractivity contribution in [1.29, 1.82) is 0 Å². The van der Waals surface area contributed by atoms with E-state index in [2.05, 4.69) is 4.98 Å². The summed E-state index contributed by atoms with van der Waals surface area (Å²) in [5.74, 6) is -0.406. The molecule has 0 saturated carbocycles. The highest BCUT2D eigenvalue weighted by Gasteiger charge is 2.28. The Balaban J connectivity index is 2.49. The van der Waals surface area contributed by atoms with Gasteiger partial charge in [0, 0.05) is 28.2 Å². The molecular formula is C10H6F3IN2. The lowest BCUT2D eigenvalue weighted by atomic mass is 10.2. The van der Waals surface area contributed by atoms with Crippen molar-refractivity contribution in [2.75, 3.05) is 0 Å². The minimum Gasteiger partial charge on any atom is -0.262 e. The van der Waals surface area contributed by atoms with E-state index in [1.54, 1.807) is 0 Å². The SMILES string of the molecule is Fc1ccc(-c2cncn2C(F)(F)I)cc1. The zero-order valence-corrected chi connectivity index (χ0v) is 10.0. The maximum Gasteiger partial charge on any atom is 0.381 e. The molecule has 1 aromatic heterocycles. The molecule has 0 saturated heterocycles. The Morgan fingerprint density at radius 1 is 1.19 bits per heavy atom. The summed E-state index contributed by atoms with van der Waals surface area (Å²) >= 11 is 1.01. The molecule has 2 nitrogen and oxygen atoms in total. The highest BCUT2D eigenvalue weighted by molar-refractivity contribution is 14.1. The highest BCUT2D eigenvalue weighted by atomic mass is 127. The lowest BCUT2D eigenvalue weighted by molar-refractivity contribution is 0.0477. The third-order valence-corrected chi connectivity index (χ3v) is 2.57. The van der Waals surface area contributed by atoms with Crippen LogP contribution in [0.15, 0.2) is 36.8 Å². The third kappa shape index (κ3) is 2.21. The van der Waals surface area contributed by atoms with Crippen molar-refractivity contribution in [3.8, 4) is 11.3 Å². The predicted molar refractivity (Wildman–Crippen MR) is 61.8 cm³/mol. The number of rotatable bonds is 2. The number of halogens is 4. The summed E-state index contributed by atoms with van der Waals surface area (Å²) < 4.78 is 36.7. The van der Waals surface area contributed by atoms with Crippen LogP contribution in [0.25, 0.3) is 11.3 Å². The minimum absolute atomic E-state index is 0.249. The van der Waals surface area contributed by atoms with Gasteiger partial charge >= 0.3 is 4.05 Å². The van der Waals surface area contributed by atoms with Crippen molar-refractivity contribution in [3.63, 3.8) is 0 Å². The van der Waals surface area contributed by atoms with Gasteiger partial charge in [-0.25, -0.2) is 9.37 Å². The molecule has 1 heterocycles. The smallest absolute Gasteiger partial charge is 0.262 e. The van der Waals surface area contributed by atoms with E-state index in [4.69, 9.17) is 0 Å². The summed E-state index contributed by atoms with van der Waals surface area (Å²) in [6.45, 7) is 0. The monoisotopic (exact) mass is 338 g/mol. The fourth-order valence-electron chi connectivity index (χ4n) is 1.33. The largest absolute Gasteiger partial charge is 0.381 e. The molecule has 0 aliphatic carbocycles. The normalized spacial score (nSPS) is 11.8. The van der Waals surface area contributed by atoms with Crippen molar-refractivity contribution < 1.29 is 13.2 Å². The van der Waals surface area contributed by atoms with E-state index < -0.39 is 9.87 Å². The van der Waals surface area contributed by atoms with E-state index in [0.29, 0.717) is 5.56 Å². The van der Waals surface area contributed by atoms with Gasteiger partial charge in [-0.2, -0.15) is 8.78 Å². The van der Waals surface area contributed by atoms with Crippen molar-refractivity contribution >= 4 is 22.6 Å². The van der Waals surface area contributed by atoms with Gasteiger partial charge in [0.2, 0.25) is 0 Å². The molecule has 16 heavy (non-hydrogen) atoms. The van der Waals surface area contributed by atoms with Crippen molar-refractivity contribution in [2.45, 2.75) is 4.05 Å². The lowest BCUT2D eigenvalue weighted by Crippen LogP contribution is -2.14. The maximum atomic E-state index is 13.1. The topological polar surface area (TPSA) is 17.8 Å². The predicted octanol–water partition coefficient (Wildman–Crippen LogP) is 3.63. The van der Waals surface area contributed by atoms with Gasteiger partial charge in [-0.3, -0.25) is 4.57 Å². The summed E-state index contributed by atoms with van der Waals surface area (Å²) in [6, 6.07) is 5.31. The average molecular weight is 338 g/mol. The Kier molecular flexibility index (Phi) is 2.92. The van der Waals surface area contributed by atoms with Gasteiger partial charge in [0.25, 0.3) is 0 Å². The van der Waals surface area contributed by atoms with E-state index in [-0.39, 0.29) is 5.69 Å². The fourth-order valence-corrected chi connectivity index (χ4v) is 1.72. The number of imidazole rings is 1. The van der Waals surface area contributed by atoms with E-state index in [9.17, 15) is 13.2 Å². The fraction of sp³-hybridized carbons (Fsp3) is 0.100. The van der Waals surface area contributed by atoms with Crippen molar-refractivity contribution in [1.82, 2.24) is 9.55 Å². The van der Waals surface area contributed by atoms with Gasteiger partial charge in [-0.05, 0) is 24.3 Å². The van der Waals surface area contributed by atoms with Gasteiger partial charge < -0.3 is 0 Å². The summed E-state index contributed by atoms with van der Waals surface area (Å²) in [5.41, 5.74) is 0.745. The molecule has 0 aliphatic heterocycles. The molecule has 0 unspecified atom stereocenters. The molecule has 0 N–H and O–H groups in total. The zero-order chi connectivity index (χ0) is 11.8. The molecule has 2 aromatic rings. The Labute approximate surface area is 103 Å². The second-order valence-electron chi connectivity index (χ2n) is 3.12. The zero-order valence-electron chi connectivity index (χ0n) is 7.87. The Morgan fingerprint density at radius 3 is 2.38 bits per heavy atom. The van der Waals surface area contributed by atoms with Gasteiger partial charge in [0.15, 0.2) is 0 Å². The Hall–Kier alpha value is -1.05.